The van der Waals surface area contributed by atoms with Gasteiger partial charge < -0.3 is 14.8 Å². The van der Waals surface area contributed by atoms with Crippen molar-refractivity contribution in [2.45, 2.75) is 20.8 Å². The van der Waals surface area contributed by atoms with E-state index in [2.05, 4.69) is 15.3 Å². The van der Waals surface area contributed by atoms with Crippen LogP contribution in [0.4, 0.5) is 11.5 Å². The van der Waals surface area contributed by atoms with E-state index in [9.17, 15) is 4.79 Å². The zero-order chi connectivity index (χ0) is 18.7. The maximum atomic E-state index is 12.3. The summed E-state index contributed by atoms with van der Waals surface area (Å²) in [5.74, 6) is 1.06. The number of esters is 1. The predicted molar refractivity (Wildman–Crippen MR) is 101 cm³/mol. The molecule has 1 N–H and O–H groups in total. The maximum absolute atomic E-state index is 12.3. The number of carbonyl (C=O) groups is 1. The van der Waals surface area contributed by atoms with Crippen molar-refractivity contribution in [1.29, 1.82) is 0 Å². The summed E-state index contributed by atoms with van der Waals surface area (Å²) in [6, 6.07) is 13.2. The average molecular weight is 351 g/mol. The number of hydrogen-bond acceptors (Lipinski definition) is 6. The Labute approximate surface area is 152 Å². The van der Waals surface area contributed by atoms with E-state index in [1.165, 1.54) is 13.4 Å². The Bertz CT molecular complexity index is 934. The number of nitrogens with one attached hydrogen (secondary N) is 1. The molecule has 0 spiro atoms. The van der Waals surface area contributed by atoms with E-state index in [1.807, 2.05) is 30.3 Å². The summed E-state index contributed by atoms with van der Waals surface area (Å²) in [6.07, 6.45) is 1.48. The molecule has 134 valence electrons. The van der Waals surface area contributed by atoms with Gasteiger partial charge in [0.25, 0.3) is 0 Å². The summed E-state index contributed by atoms with van der Waals surface area (Å²) in [5.41, 5.74) is 0.959. The number of fused-ring (bicyclic) bond motifs is 1. The van der Waals surface area contributed by atoms with Crippen LogP contribution < -0.4 is 14.8 Å². The number of ether oxygens (including phenoxy) is 2. The first kappa shape index (κ1) is 17.7. The van der Waals surface area contributed by atoms with Crippen molar-refractivity contribution in [3.63, 3.8) is 0 Å². The van der Waals surface area contributed by atoms with Crippen LogP contribution in [0, 0.1) is 5.41 Å². The van der Waals surface area contributed by atoms with Crippen molar-refractivity contribution in [1.82, 2.24) is 9.97 Å². The van der Waals surface area contributed by atoms with Crippen LogP contribution in [0.15, 0.2) is 48.8 Å². The summed E-state index contributed by atoms with van der Waals surface area (Å²) in [7, 11) is 1.53. The van der Waals surface area contributed by atoms with Crippen molar-refractivity contribution >= 4 is 28.4 Å². The summed E-state index contributed by atoms with van der Waals surface area (Å²) in [4.78, 5) is 20.9. The van der Waals surface area contributed by atoms with Crippen LogP contribution >= 0.6 is 0 Å². The number of carbonyl (C=O) groups excluding carboxylic acids is 1. The summed E-state index contributed by atoms with van der Waals surface area (Å²) < 4.78 is 10.9. The molecule has 0 aliphatic rings. The molecule has 0 atom stereocenters. The second-order valence-electron chi connectivity index (χ2n) is 6.87. The van der Waals surface area contributed by atoms with Crippen LogP contribution in [0.2, 0.25) is 0 Å². The van der Waals surface area contributed by atoms with Crippen LogP contribution in [0.25, 0.3) is 10.9 Å². The molecule has 6 nitrogen and oxygen atoms in total. The number of anilines is 2. The summed E-state index contributed by atoms with van der Waals surface area (Å²) >= 11 is 0. The monoisotopic (exact) mass is 351 g/mol. The van der Waals surface area contributed by atoms with Gasteiger partial charge in [0.05, 0.1) is 18.0 Å². The molecular formula is C20H21N3O3. The Morgan fingerprint density at radius 1 is 1.04 bits per heavy atom. The Morgan fingerprint density at radius 3 is 2.42 bits per heavy atom. The molecular weight excluding hydrogens is 330 g/mol. The molecule has 0 unspecified atom stereocenters. The van der Waals surface area contributed by atoms with Gasteiger partial charge in [0.2, 0.25) is 0 Å². The predicted octanol–water partition coefficient (Wildman–Crippen LogP) is 4.33. The van der Waals surface area contributed by atoms with Crippen LogP contribution in [-0.2, 0) is 4.79 Å². The van der Waals surface area contributed by atoms with Crippen molar-refractivity contribution in [2.24, 2.45) is 5.41 Å². The number of nitrogens with zero attached hydrogens (tertiary/aromatic N) is 2. The third-order valence-electron chi connectivity index (χ3n) is 3.77. The lowest BCUT2D eigenvalue weighted by Gasteiger charge is -2.18. The molecule has 0 bridgehead atoms. The zero-order valence-electron chi connectivity index (χ0n) is 15.2. The normalized spacial score (nSPS) is 11.2. The molecule has 2 aromatic carbocycles. The number of para-hydroxylation sites is 1. The molecule has 0 saturated carbocycles. The van der Waals surface area contributed by atoms with Gasteiger partial charge in [-0.25, -0.2) is 9.97 Å². The smallest absolute Gasteiger partial charge is 0.316 e. The van der Waals surface area contributed by atoms with Gasteiger partial charge in [-0.2, -0.15) is 0 Å². The maximum Gasteiger partial charge on any atom is 0.316 e. The van der Waals surface area contributed by atoms with Gasteiger partial charge in [-0.05, 0) is 39.0 Å². The minimum atomic E-state index is -0.627. The van der Waals surface area contributed by atoms with E-state index < -0.39 is 5.41 Å². The van der Waals surface area contributed by atoms with Crippen LogP contribution in [0.3, 0.4) is 0 Å². The third kappa shape index (κ3) is 3.74. The second-order valence-corrected chi connectivity index (χ2v) is 6.87. The number of methoxy groups -OCH3 is 1. The molecule has 0 fully saturated rings. The molecule has 0 saturated heterocycles. The average Bonchev–Trinajstić information content (AvgIpc) is 2.61. The highest BCUT2D eigenvalue weighted by Crippen LogP contribution is 2.35. The molecule has 1 aromatic heterocycles. The van der Waals surface area contributed by atoms with Gasteiger partial charge in [0.1, 0.15) is 12.1 Å². The minimum absolute atomic E-state index is 0.339. The minimum Gasteiger partial charge on any atom is -0.493 e. The molecule has 0 amide bonds. The molecule has 0 radical (unpaired) electrons. The van der Waals surface area contributed by atoms with E-state index in [0.717, 1.165) is 11.1 Å². The zero-order valence-corrected chi connectivity index (χ0v) is 15.2. The van der Waals surface area contributed by atoms with Gasteiger partial charge in [-0.1, -0.05) is 18.2 Å². The first-order valence-electron chi connectivity index (χ1n) is 8.25. The largest absolute Gasteiger partial charge is 0.493 e. The molecule has 1 heterocycles. The number of aromatic nitrogens is 2. The lowest BCUT2D eigenvalue weighted by atomic mass is 9.97. The van der Waals surface area contributed by atoms with Crippen LogP contribution in [-0.4, -0.2) is 23.0 Å². The van der Waals surface area contributed by atoms with Crippen LogP contribution in [0.1, 0.15) is 20.8 Å². The molecule has 0 aliphatic carbocycles. The quantitative estimate of drug-likeness (QED) is 0.557. The van der Waals surface area contributed by atoms with E-state index in [4.69, 9.17) is 9.47 Å². The number of rotatable bonds is 4. The standard InChI is InChI=1S/C20H21N3O3/c1-20(2,3)19(24)26-17-10-14-15(11-16(17)25-4)21-12-22-18(14)23-13-8-6-5-7-9-13/h5-12H,1-4H3,(H,21,22,23). The van der Waals surface area contributed by atoms with Crippen LogP contribution in [0.5, 0.6) is 11.5 Å². The third-order valence-corrected chi connectivity index (χ3v) is 3.77. The molecule has 3 aromatic rings. The fraction of sp³-hybridized carbons (Fsp3) is 0.250. The van der Waals surface area contributed by atoms with E-state index in [-0.39, 0.29) is 5.97 Å². The highest BCUT2D eigenvalue weighted by atomic mass is 16.6. The van der Waals surface area contributed by atoms with Gasteiger partial charge in [0, 0.05) is 17.1 Å². The fourth-order valence-electron chi connectivity index (χ4n) is 2.31. The lowest BCUT2D eigenvalue weighted by molar-refractivity contribution is -0.143. The van der Waals surface area contributed by atoms with Gasteiger partial charge in [-0.15, -0.1) is 0 Å². The Morgan fingerprint density at radius 2 is 1.77 bits per heavy atom. The molecule has 3 rings (SSSR count). The van der Waals surface area contributed by atoms with Crippen molar-refractivity contribution in [3.8, 4) is 11.5 Å². The first-order chi connectivity index (χ1) is 12.4. The van der Waals surface area contributed by atoms with E-state index in [1.54, 1.807) is 32.9 Å². The van der Waals surface area contributed by atoms with Crippen molar-refractivity contribution in [2.75, 3.05) is 12.4 Å². The van der Waals surface area contributed by atoms with Crippen molar-refractivity contribution in [3.05, 3.63) is 48.8 Å². The first-order valence-corrected chi connectivity index (χ1v) is 8.25. The van der Waals surface area contributed by atoms with Gasteiger partial charge in [-0.3, -0.25) is 4.79 Å². The Hall–Kier alpha value is -3.15. The lowest BCUT2D eigenvalue weighted by Crippen LogP contribution is -2.25. The summed E-state index contributed by atoms with van der Waals surface area (Å²) in [6.45, 7) is 5.40. The number of benzene rings is 2. The highest BCUT2D eigenvalue weighted by molar-refractivity contribution is 5.93. The summed E-state index contributed by atoms with van der Waals surface area (Å²) in [5, 5.41) is 3.99. The Kier molecular flexibility index (Phi) is 4.75. The molecule has 0 aliphatic heterocycles. The van der Waals surface area contributed by atoms with Gasteiger partial charge >= 0.3 is 5.97 Å². The SMILES string of the molecule is COc1cc2ncnc(Nc3ccccc3)c2cc1OC(=O)C(C)(C)C. The highest BCUT2D eigenvalue weighted by Gasteiger charge is 2.25. The second kappa shape index (κ2) is 7.00. The Balaban J connectivity index is 2.05. The van der Waals surface area contributed by atoms with Crippen molar-refractivity contribution < 1.29 is 14.3 Å². The number of hydrogen-bond donors (Lipinski definition) is 1. The topological polar surface area (TPSA) is 73.3 Å². The molecule has 26 heavy (non-hydrogen) atoms. The molecule has 6 heteroatoms. The van der Waals surface area contributed by atoms with Gasteiger partial charge in [0.15, 0.2) is 11.5 Å². The fourth-order valence-corrected chi connectivity index (χ4v) is 2.31. The van der Waals surface area contributed by atoms with E-state index in [0.29, 0.717) is 22.8 Å². The van der Waals surface area contributed by atoms with E-state index >= 15 is 0 Å².